The SMILES string of the molecule is NC/C=C/c1cccc(NC(=O)C2CCCCC2)c1. The molecule has 3 heteroatoms. The van der Waals surface area contributed by atoms with E-state index in [9.17, 15) is 4.79 Å². The van der Waals surface area contributed by atoms with Gasteiger partial charge in [0.15, 0.2) is 0 Å². The second-order valence-corrected chi connectivity index (χ2v) is 5.09. The van der Waals surface area contributed by atoms with E-state index < -0.39 is 0 Å². The molecule has 0 radical (unpaired) electrons. The van der Waals surface area contributed by atoms with Gasteiger partial charge in [-0.05, 0) is 30.5 Å². The lowest BCUT2D eigenvalue weighted by molar-refractivity contribution is -0.120. The summed E-state index contributed by atoms with van der Waals surface area (Å²) in [4.78, 5) is 12.1. The molecule has 1 fully saturated rings. The Labute approximate surface area is 114 Å². The maximum absolute atomic E-state index is 12.1. The van der Waals surface area contributed by atoms with E-state index >= 15 is 0 Å². The molecule has 1 saturated carbocycles. The van der Waals surface area contributed by atoms with Crippen molar-refractivity contribution in [3.63, 3.8) is 0 Å². The maximum atomic E-state index is 12.1. The van der Waals surface area contributed by atoms with Gasteiger partial charge in [-0.1, -0.05) is 43.5 Å². The quantitative estimate of drug-likeness (QED) is 0.871. The number of hydrogen-bond acceptors (Lipinski definition) is 2. The molecule has 0 saturated heterocycles. The highest BCUT2D eigenvalue weighted by Gasteiger charge is 2.20. The van der Waals surface area contributed by atoms with Crippen LogP contribution in [0.4, 0.5) is 5.69 Å². The van der Waals surface area contributed by atoms with Crippen LogP contribution >= 0.6 is 0 Å². The van der Waals surface area contributed by atoms with E-state index in [1.54, 1.807) is 0 Å². The van der Waals surface area contributed by atoms with Crippen molar-refractivity contribution in [2.24, 2.45) is 11.7 Å². The predicted molar refractivity (Wildman–Crippen MR) is 79.7 cm³/mol. The minimum Gasteiger partial charge on any atom is -0.327 e. The van der Waals surface area contributed by atoms with E-state index in [4.69, 9.17) is 5.73 Å². The van der Waals surface area contributed by atoms with Gasteiger partial charge in [-0.3, -0.25) is 4.79 Å². The lowest BCUT2D eigenvalue weighted by atomic mass is 9.88. The van der Waals surface area contributed by atoms with Gasteiger partial charge in [0.25, 0.3) is 0 Å². The van der Waals surface area contributed by atoms with Gasteiger partial charge in [-0.15, -0.1) is 0 Å². The maximum Gasteiger partial charge on any atom is 0.227 e. The monoisotopic (exact) mass is 258 g/mol. The number of anilines is 1. The Morgan fingerprint density at radius 2 is 2.11 bits per heavy atom. The van der Waals surface area contributed by atoms with Crippen LogP contribution in [0.1, 0.15) is 37.7 Å². The van der Waals surface area contributed by atoms with Crippen molar-refractivity contribution < 1.29 is 4.79 Å². The molecule has 3 nitrogen and oxygen atoms in total. The molecule has 2 rings (SSSR count). The molecule has 1 aromatic rings. The number of nitrogens with two attached hydrogens (primary N) is 1. The normalized spacial score (nSPS) is 16.7. The topological polar surface area (TPSA) is 55.1 Å². The van der Waals surface area contributed by atoms with Gasteiger partial charge in [0.2, 0.25) is 5.91 Å². The summed E-state index contributed by atoms with van der Waals surface area (Å²) in [6, 6.07) is 7.86. The van der Waals surface area contributed by atoms with Gasteiger partial charge in [0.1, 0.15) is 0 Å². The Hall–Kier alpha value is -1.61. The third kappa shape index (κ3) is 4.21. The molecule has 0 heterocycles. The van der Waals surface area contributed by atoms with Crippen LogP contribution in [0.15, 0.2) is 30.3 Å². The minimum absolute atomic E-state index is 0.166. The molecule has 0 bridgehead atoms. The average molecular weight is 258 g/mol. The molecule has 0 atom stereocenters. The third-order valence-electron chi connectivity index (χ3n) is 3.58. The van der Waals surface area contributed by atoms with Crippen molar-refractivity contribution >= 4 is 17.7 Å². The molecule has 1 aromatic carbocycles. The summed E-state index contributed by atoms with van der Waals surface area (Å²) < 4.78 is 0. The van der Waals surface area contributed by atoms with E-state index in [0.717, 1.165) is 24.1 Å². The fourth-order valence-electron chi connectivity index (χ4n) is 2.53. The number of rotatable bonds is 4. The zero-order chi connectivity index (χ0) is 13.5. The van der Waals surface area contributed by atoms with E-state index in [0.29, 0.717) is 6.54 Å². The van der Waals surface area contributed by atoms with Gasteiger partial charge in [0, 0.05) is 18.2 Å². The van der Waals surface area contributed by atoms with E-state index in [-0.39, 0.29) is 11.8 Å². The van der Waals surface area contributed by atoms with E-state index in [1.165, 1.54) is 19.3 Å². The molecule has 0 spiro atoms. The van der Waals surface area contributed by atoms with Gasteiger partial charge >= 0.3 is 0 Å². The smallest absolute Gasteiger partial charge is 0.227 e. The zero-order valence-electron chi connectivity index (χ0n) is 11.3. The van der Waals surface area contributed by atoms with Gasteiger partial charge in [0.05, 0.1) is 0 Å². The summed E-state index contributed by atoms with van der Waals surface area (Å²) in [5.41, 5.74) is 7.37. The first-order valence-corrected chi connectivity index (χ1v) is 7.07. The second kappa shape index (κ2) is 7.10. The van der Waals surface area contributed by atoms with Gasteiger partial charge in [-0.25, -0.2) is 0 Å². The first kappa shape index (κ1) is 13.8. The fraction of sp³-hybridized carbons (Fsp3) is 0.438. The lowest BCUT2D eigenvalue weighted by Gasteiger charge is -2.20. The molecule has 1 aliphatic rings. The zero-order valence-corrected chi connectivity index (χ0v) is 11.3. The molecular formula is C16H22N2O. The predicted octanol–water partition coefficient (Wildman–Crippen LogP) is 3.18. The van der Waals surface area contributed by atoms with Crippen LogP contribution in [-0.4, -0.2) is 12.5 Å². The van der Waals surface area contributed by atoms with Crippen molar-refractivity contribution in [2.45, 2.75) is 32.1 Å². The summed E-state index contributed by atoms with van der Waals surface area (Å²) in [5, 5.41) is 3.02. The van der Waals surface area contributed by atoms with Crippen molar-refractivity contribution in [3.8, 4) is 0 Å². The molecule has 19 heavy (non-hydrogen) atoms. The Morgan fingerprint density at radius 3 is 2.84 bits per heavy atom. The first-order valence-electron chi connectivity index (χ1n) is 7.07. The fourth-order valence-corrected chi connectivity index (χ4v) is 2.53. The van der Waals surface area contributed by atoms with Crippen LogP contribution in [0, 0.1) is 5.92 Å². The van der Waals surface area contributed by atoms with Crippen molar-refractivity contribution in [2.75, 3.05) is 11.9 Å². The minimum atomic E-state index is 0.166. The number of amides is 1. The molecule has 0 aliphatic heterocycles. The summed E-state index contributed by atoms with van der Waals surface area (Å²) in [5.74, 6) is 0.358. The summed E-state index contributed by atoms with van der Waals surface area (Å²) in [7, 11) is 0. The molecule has 1 amide bonds. The summed E-state index contributed by atoms with van der Waals surface area (Å²) in [6.07, 6.45) is 9.55. The second-order valence-electron chi connectivity index (χ2n) is 5.09. The van der Waals surface area contributed by atoms with Crippen LogP contribution in [-0.2, 0) is 4.79 Å². The number of benzene rings is 1. The summed E-state index contributed by atoms with van der Waals surface area (Å²) in [6.45, 7) is 0.526. The summed E-state index contributed by atoms with van der Waals surface area (Å²) >= 11 is 0. The van der Waals surface area contributed by atoms with Gasteiger partial charge in [-0.2, -0.15) is 0 Å². The van der Waals surface area contributed by atoms with Crippen LogP contribution in [0.25, 0.3) is 6.08 Å². The molecule has 3 N–H and O–H groups in total. The highest BCUT2D eigenvalue weighted by atomic mass is 16.1. The molecule has 0 unspecified atom stereocenters. The van der Waals surface area contributed by atoms with Crippen molar-refractivity contribution in [3.05, 3.63) is 35.9 Å². The number of carbonyl (C=O) groups is 1. The van der Waals surface area contributed by atoms with Crippen molar-refractivity contribution in [1.82, 2.24) is 0 Å². The van der Waals surface area contributed by atoms with Crippen molar-refractivity contribution in [1.29, 1.82) is 0 Å². The molecule has 102 valence electrons. The Balaban J connectivity index is 1.97. The Kier molecular flexibility index (Phi) is 5.16. The van der Waals surface area contributed by atoms with Crippen LogP contribution < -0.4 is 11.1 Å². The number of nitrogens with one attached hydrogen (secondary N) is 1. The standard InChI is InChI=1S/C16H22N2O/c17-11-5-7-13-6-4-10-15(12-13)18-16(19)14-8-2-1-3-9-14/h4-7,10,12,14H,1-3,8-9,11,17H2,(H,18,19)/b7-5+. The van der Waals surface area contributed by atoms with E-state index in [1.807, 2.05) is 36.4 Å². The first-order chi connectivity index (χ1) is 9.29. The third-order valence-corrected chi connectivity index (χ3v) is 3.58. The van der Waals surface area contributed by atoms with E-state index in [2.05, 4.69) is 5.32 Å². The number of hydrogen-bond donors (Lipinski definition) is 2. The Morgan fingerprint density at radius 1 is 1.32 bits per heavy atom. The highest BCUT2D eigenvalue weighted by Crippen LogP contribution is 2.25. The largest absolute Gasteiger partial charge is 0.327 e. The molecule has 0 aromatic heterocycles. The van der Waals surface area contributed by atoms with Crippen LogP contribution in [0.3, 0.4) is 0 Å². The Bertz CT molecular complexity index is 448. The van der Waals surface area contributed by atoms with Gasteiger partial charge < -0.3 is 11.1 Å². The number of carbonyl (C=O) groups excluding carboxylic acids is 1. The average Bonchev–Trinajstić information content (AvgIpc) is 2.46. The molecular weight excluding hydrogens is 236 g/mol. The molecule has 1 aliphatic carbocycles. The highest BCUT2D eigenvalue weighted by molar-refractivity contribution is 5.92. The van der Waals surface area contributed by atoms with Crippen LogP contribution in [0.2, 0.25) is 0 Å². The van der Waals surface area contributed by atoms with Crippen LogP contribution in [0.5, 0.6) is 0 Å². The lowest BCUT2D eigenvalue weighted by Crippen LogP contribution is -2.24.